The van der Waals surface area contributed by atoms with Crippen LogP contribution < -0.4 is 0 Å². The number of hydrogen-bond acceptors (Lipinski definition) is 3. The van der Waals surface area contributed by atoms with E-state index in [2.05, 4.69) is 4.98 Å². The van der Waals surface area contributed by atoms with Crippen LogP contribution in [0.4, 0.5) is 4.39 Å². The van der Waals surface area contributed by atoms with Crippen LogP contribution in [0.25, 0.3) is 0 Å². The van der Waals surface area contributed by atoms with Gasteiger partial charge < -0.3 is 4.90 Å². The number of thiophene rings is 1. The summed E-state index contributed by atoms with van der Waals surface area (Å²) in [6.45, 7) is 4.01. The van der Waals surface area contributed by atoms with Crippen LogP contribution in [0, 0.1) is 12.9 Å². The molecule has 0 spiro atoms. The van der Waals surface area contributed by atoms with Crippen molar-refractivity contribution in [3.63, 3.8) is 0 Å². The third-order valence-corrected chi connectivity index (χ3v) is 4.22. The standard InChI is InChI=1S/C14H15FN2OS/c1-9-4-6-12(19-9)10(2)17(3)14(18)11-5-7-13(15)16-8-11/h4-8,10H,1-3H3. The molecule has 2 aromatic rings. The normalized spacial score (nSPS) is 12.2. The summed E-state index contributed by atoms with van der Waals surface area (Å²) in [4.78, 5) is 19.7. The second-order valence-electron chi connectivity index (χ2n) is 4.41. The van der Waals surface area contributed by atoms with E-state index in [0.717, 1.165) is 4.88 Å². The van der Waals surface area contributed by atoms with Crippen LogP contribution in [0.2, 0.25) is 0 Å². The maximum Gasteiger partial charge on any atom is 0.255 e. The predicted octanol–water partition coefficient (Wildman–Crippen LogP) is 3.42. The molecule has 0 saturated carbocycles. The zero-order valence-electron chi connectivity index (χ0n) is 11.1. The molecule has 0 aliphatic heterocycles. The Kier molecular flexibility index (Phi) is 3.95. The van der Waals surface area contributed by atoms with Crippen LogP contribution >= 0.6 is 11.3 Å². The van der Waals surface area contributed by atoms with E-state index in [1.165, 1.54) is 23.2 Å². The highest BCUT2D eigenvalue weighted by Crippen LogP contribution is 2.27. The zero-order valence-corrected chi connectivity index (χ0v) is 11.9. The highest BCUT2D eigenvalue weighted by Gasteiger charge is 2.20. The SMILES string of the molecule is Cc1ccc(C(C)N(C)C(=O)c2ccc(F)nc2)s1. The second kappa shape index (κ2) is 5.48. The molecule has 2 rings (SSSR count). The van der Waals surface area contributed by atoms with Gasteiger partial charge in [-0.25, -0.2) is 4.98 Å². The van der Waals surface area contributed by atoms with Gasteiger partial charge in [0.05, 0.1) is 11.6 Å². The van der Waals surface area contributed by atoms with E-state index in [1.54, 1.807) is 23.3 Å². The van der Waals surface area contributed by atoms with Gasteiger partial charge in [-0.05, 0) is 38.1 Å². The average Bonchev–Trinajstić information content (AvgIpc) is 2.84. The Bertz CT molecular complexity index is 579. The molecule has 1 atom stereocenters. The number of hydrogen-bond donors (Lipinski definition) is 0. The van der Waals surface area contributed by atoms with Crippen molar-refractivity contribution in [3.05, 3.63) is 51.7 Å². The second-order valence-corrected chi connectivity index (χ2v) is 5.73. The highest BCUT2D eigenvalue weighted by atomic mass is 32.1. The Labute approximate surface area is 115 Å². The Morgan fingerprint density at radius 2 is 2.11 bits per heavy atom. The minimum absolute atomic E-state index is 0.0174. The van der Waals surface area contributed by atoms with Crippen LogP contribution in [-0.4, -0.2) is 22.8 Å². The number of halogens is 1. The van der Waals surface area contributed by atoms with E-state index in [0.29, 0.717) is 5.56 Å². The van der Waals surface area contributed by atoms with Crippen molar-refractivity contribution in [3.8, 4) is 0 Å². The summed E-state index contributed by atoms with van der Waals surface area (Å²) in [5.74, 6) is -0.743. The first kappa shape index (κ1) is 13.7. The van der Waals surface area contributed by atoms with E-state index < -0.39 is 5.95 Å². The lowest BCUT2D eigenvalue weighted by Gasteiger charge is -2.24. The molecule has 1 unspecified atom stereocenters. The number of rotatable bonds is 3. The molecule has 0 fully saturated rings. The summed E-state index contributed by atoms with van der Waals surface area (Å²) >= 11 is 1.67. The summed E-state index contributed by atoms with van der Waals surface area (Å²) < 4.78 is 12.7. The third kappa shape index (κ3) is 2.98. The lowest BCUT2D eigenvalue weighted by molar-refractivity contribution is 0.0744. The quantitative estimate of drug-likeness (QED) is 0.806. The molecule has 19 heavy (non-hydrogen) atoms. The molecule has 2 aromatic heterocycles. The van der Waals surface area contributed by atoms with E-state index >= 15 is 0 Å². The Hall–Kier alpha value is -1.75. The van der Waals surface area contributed by atoms with Crippen molar-refractivity contribution in [1.29, 1.82) is 0 Å². The molecular weight excluding hydrogens is 263 g/mol. The first-order chi connectivity index (χ1) is 8.99. The Morgan fingerprint density at radius 3 is 2.63 bits per heavy atom. The molecule has 0 saturated heterocycles. The van der Waals surface area contributed by atoms with Crippen molar-refractivity contribution in [1.82, 2.24) is 9.88 Å². The summed E-state index contributed by atoms with van der Waals surface area (Å²) in [5.41, 5.74) is 0.393. The molecule has 0 aromatic carbocycles. The van der Waals surface area contributed by atoms with Gasteiger partial charge in [-0.1, -0.05) is 0 Å². The van der Waals surface area contributed by atoms with E-state index in [9.17, 15) is 9.18 Å². The Morgan fingerprint density at radius 1 is 1.37 bits per heavy atom. The van der Waals surface area contributed by atoms with Crippen LogP contribution in [0.3, 0.4) is 0 Å². The maximum absolute atomic E-state index is 12.7. The minimum Gasteiger partial charge on any atom is -0.334 e. The number of carbonyl (C=O) groups is 1. The van der Waals surface area contributed by atoms with Gasteiger partial charge in [0.2, 0.25) is 5.95 Å². The van der Waals surface area contributed by atoms with Crippen molar-refractivity contribution in [2.45, 2.75) is 19.9 Å². The number of nitrogens with zero attached hydrogens (tertiary/aromatic N) is 2. The van der Waals surface area contributed by atoms with Gasteiger partial charge >= 0.3 is 0 Å². The fraction of sp³-hybridized carbons (Fsp3) is 0.286. The molecule has 100 valence electrons. The van der Waals surface area contributed by atoms with Gasteiger partial charge in [0.1, 0.15) is 0 Å². The fourth-order valence-corrected chi connectivity index (χ4v) is 2.72. The molecule has 5 heteroatoms. The van der Waals surface area contributed by atoms with Gasteiger partial charge in [0.15, 0.2) is 0 Å². The number of amides is 1. The van der Waals surface area contributed by atoms with Crippen molar-refractivity contribution < 1.29 is 9.18 Å². The molecule has 3 nitrogen and oxygen atoms in total. The van der Waals surface area contributed by atoms with Crippen LogP contribution in [0.5, 0.6) is 0 Å². The molecule has 1 amide bonds. The van der Waals surface area contributed by atoms with Gasteiger partial charge in [0.25, 0.3) is 5.91 Å². The van der Waals surface area contributed by atoms with Crippen LogP contribution in [-0.2, 0) is 0 Å². The zero-order chi connectivity index (χ0) is 14.0. The molecule has 2 heterocycles. The van der Waals surface area contributed by atoms with Crippen LogP contribution in [0.1, 0.15) is 33.1 Å². The van der Waals surface area contributed by atoms with Crippen molar-refractivity contribution >= 4 is 17.2 Å². The average molecular weight is 278 g/mol. The third-order valence-electron chi connectivity index (χ3n) is 3.05. The topological polar surface area (TPSA) is 33.2 Å². The number of aromatic nitrogens is 1. The predicted molar refractivity (Wildman–Crippen MR) is 73.8 cm³/mol. The molecule has 0 aliphatic carbocycles. The van der Waals surface area contributed by atoms with Gasteiger partial charge in [-0.2, -0.15) is 4.39 Å². The van der Waals surface area contributed by atoms with Gasteiger partial charge in [-0.3, -0.25) is 4.79 Å². The van der Waals surface area contributed by atoms with E-state index in [1.807, 2.05) is 26.0 Å². The largest absolute Gasteiger partial charge is 0.334 e. The summed E-state index contributed by atoms with van der Waals surface area (Å²) in [5, 5.41) is 0. The molecule has 0 bridgehead atoms. The van der Waals surface area contributed by atoms with E-state index in [-0.39, 0.29) is 11.9 Å². The van der Waals surface area contributed by atoms with Crippen LogP contribution in [0.15, 0.2) is 30.5 Å². The highest BCUT2D eigenvalue weighted by molar-refractivity contribution is 7.12. The summed E-state index contributed by atoms with van der Waals surface area (Å²) in [7, 11) is 1.74. The van der Waals surface area contributed by atoms with Crippen molar-refractivity contribution in [2.75, 3.05) is 7.05 Å². The first-order valence-electron chi connectivity index (χ1n) is 5.94. The lowest BCUT2D eigenvalue weighted by Crippen LogP contribution is -2.29. The fourth-order valence-electron chi connectivity index (χ4n) is 1.75. The number of pyridine rings is 1. The monoisotopic (exact) mass is 278 g/mol. The number of carbonyl (C=O) groups excluding carboxylic acids is 1. The van der Waals surface area contributed by atoms with Crippen molar-refractivity contribution in [2.24, 2.45) is 0 Å². The first-order valence-corrected chi connectivity index (χ1v) is 6.75. The summed E-state index contributed by atoms with van der Waals surface area (Å²) in [6, 6.07) is 6.69. The number of aryl methyl sites for hydroxylation is 1. The van der Waals surface area contributed by atoms with Gasteiger partial charge in [-0.15, -0.1) is 11.3 Å². The summed E-state index contributed by atoms with van der Waals surface area (Å²) in [6.07, 6.45) is 1.26. The Balaban J connectivity index is 2.17. The van der Waals surface area contributed by atoms with E-state index in [4.69, 9.17) is 0 Å². The van der Waals surface area contributed by atoms with Gasteiger partial charge in [0, 0.05) is 23.0 Å². The molecular formula is C14H15FN2OS. The maximum atomic E-state index is 12.7. The minimum atomic E-state index is -0.582. The lowest BCUT2D eigenvalue weighted by atomic mass is 10.2. The molecule has 0 aliphatic rings. The smallest absolute Gasteiger partial charge is 0.255 e. The molecule has 0 N–H and O–H groups in total. The molecule has 0 radical (unpaired) electrons.